The second-order valence-corrected chi connectivity index (χ2v) is 5.55. The van der Waals surface area contributed by atoms with E-state index in [-0.39, 0.29) is 17.0 Å². The maximum Gasteiger partial charge on any atom is 0.291 e. The first kappa shape index (κ1) is 17.0. The van der Waals surface area contributed by atoms with Crippen molar-refractivity contribution in [2.45, 2.75) is 0 Å². The molecule has 3 aromatic rings. The van der Waals surface area contributed by atoms with Crippen molar-refractivity contribution >= 4 is 28.9 Å². The Balaban J connectivity index is 1.88. The van der Waals surface area contributed by atoms with Gasteiger partial charge in [0, 0.05) is 28.1 Å². The van der Waals surface area contributed by atoms with E-state index < -0.39 is 11.8 Å². The molecule has 26 heavy (non-hydrogen) atoms. The fourth-order valence-corrected chi connectivity index (χ4v) is 2.43. The van der Waals surface area contributed by atoms with Gasteiger partial charge >= 0.3 is 0 Å². The average Bonchev–Trinajstić information content (AvgIpc) is 3.16. The minimum Gasteiger partial charge on any atom is -0.459 e. The van der Waals surface area contributed by atoms with Crippen LogP contribution in [0.2, 0.25) is 0 Å². The van der Waals surface area contributed by atoms with Crippen LogP contribution in [0.5, 0.6) is 0 Å². The average molecular weight is 348 g/mol. The van der Waals surface area contributed by atoms with Gasteiger partial charge in [-0.05, 0) is 42.5 Å². The standard InChI is InChI=1S/C19H16N4O3/c20-15-7-6-12(18(22)24)10-14(15)17(21)11-3-1-4-13(9-11)23-19(25)16-5-2-8-26-16/h1-10,21H,20H2,(H2,22,24)(H,23,25). The first-order valence-electron chi connectivity index (χ1n) is 7.69. The van der Waals surface area contributed by atoms with Crippen LogP contribution in [0.4, 0.5) is 11.4 Å². The molecular formula is C19H16N4O3. The normalized spacial score (nSPS) is 10.3. The molecule has 0 spiro atoms. The molecule has 7 nitrogen and oxygen atoms in total. The minimum absolute atomic E-state index is 0.111. The number of amides is 2. The summed E-state index contributed by atoms with van der Waals surface area (Å²) in [4.78, 5) is 23.4. The highest BCUT2D eigenvalue weighted by atomic mass is 16.3. The molecule has 2 amide bonds. The summed E-state index contributed by atoms with van der Waals surface area (Å²) in [5.41, 5.74) is 13.4. The molecule has 0 unspecified atom stereocenters. The van der Waals surface area contributed by atoms with Gasteiger partial charge in [-0.2, -0.15) is 0 Å². The third-order valence-electron chi connectivity index (χ3n) is 3.76. The largest absolute Gasteiger partial charge is 0.459 e. The Morgan fingerprint density at radius 2 is 1.81 bits per heavy atom. The van der Waals surface area contributed by atoms with E-state index in [2.05, 4.69) is 5.32 Å². The first-order valence-corrected chi connectivity index (χ1v) is 7.69. The van der Waals surface area contributed by atoms with Crippen LogP contribution >= 0.6 is 0 Å². The van der Waals surface area contributed by atoms with Gasteiger partial charge in [-0.3, -0.25) is 15.0 Å². The van der Waals surface area contributed by atoms with Crippen LogP contribution in [-0.2, 0) is 0 Å². The summed E-state index contributed by atoms with van der Waals surface area (Å²) in [6.07, 6.45) is 1.41. The number of nitrogens with one attached hydrogen (secondary N) is 2. The third-order valence-corrected chi connectivity index (χ3v) is 3.76. The van der Waals surface area contributed by atoms with Crippen LogP contribution in [0, 0.1) is 5.41 Å². The summed E-state index contributed by atoms with van der Waals surface area (Å²) in [5.74, 6) is -0.809. The van der Waals surface area contributed by atoms with Crippen molar-refractivity contribution in [3.05, 3.63) is 83.3 Å². The second kappa shape index (κ2) is 6.94. The number of rotatable bonds is 5. The molecule has 6 N–H and O–H groups in total. The molecule has 0 fully saturated rings. The Morgan fingerprint density at radius 3 is 2.50 bits per heavy atom. The molecule has 130 valence electrons. The van der Waals surface area contributed by atoms with Crippen LogP contribution in [0.15, 0.2) is 65.3 Å². The summed E-state index contributed by atoms with van der Waals surface area (Å²) < 4.78 is 5.05. The molecule has 2 aromatic carbocycles. The number of benzene rings is 2. The number of hydrogen-bond acceptors (Lipinski definition) is 5. The number of nitrogens with two attached hydrogens (primary N) is 2. The lowest BCUT2D eigenvalue weighted by Crippen LogP contribution is -2.14. The number of primary amides is 1. The predicted molar refractivity (Wildman–Crippen MR) is 98.4 cm³/mol. The van der Waals surface area contributed by atoms with Gasteiger partial charge in [0.15, 0.2) is 5.76 Å². The van der Waals surface area contributed by atoms with Gasteiger partial charge in [-0.25, -0.2) is 0 Å². The third kappa shape index (κ3) is 3.46. The maximum absolute atomic E-state index is 12.1. The molecule has 0 atom stereocenters. The first-order chi connectivity index (χ1) is 12.5. The summed E-state index contributed by atoms with van der Waals surface area (Å²) >= 11 is 0. The topological polar surface area (TPSA) is 135 Å². The Hall–Kier alpha value is -3.87. The summed E-state index contributed by atoms with van der Waals surface area (Å²) in [5, 5.41) is 11.1. The smallest absolute Gasteiger partial charge is 0.291 e. The predicted octanol–water partition coefficient (Wildman–Crippen LogP) is 2.63. The van der Waals surface area contributed by atoms with Crippen molar-refractivity contribution in [2.24, 2.45) is 5.73 Å². The van der Waals surface area contributed by atoms with Gasteiger partial charge in [0.25, 0.3) is 5.91 Å². The van der Waals surface area contributed by atoms with E-state index in [1.165, 1.54) is 24.5 Å². The monoisotopic (exact) mass is 348 g/mol. The summed E-state index contributed by atoms with van der Waals surface area (Å²) in [6, 6.07) is 14.4. The van der Waals surface area contributed by atoms with Crippen LogP contribution in [-0.4, -0.2) is 17.5 Å². The zero-order valence-electron chi connectivity index (χ0n) is 13.7. The van der Waals surface area contributed by atoms with E-state index >= 15 is 0 Å². The zero-order valence-corrected chi connectivity index (χ0v) is 13.7. The molecule has 3 rings (SSSR count). The van der Waals surface area contributed by atoms with Crippen molar-refractivity contribution < 1.29 is 14.0 Å². The Morgan fingerprint density at radius 1 is 1.00 bits per heavy atom. The van der Waals surface area contributed by atoms with Gasteiger partial charge in [0.2, 0.25) is 5.91 Å². The summed E-state index contributed by atoms with van der Waals surface area (Å²) in [7, 11) is 0. The molecule has 0 saturated carbocycles. The van der Waals surface area contributed by atoms with Crippen LogP contribution in [0.1, 0.15) is 32.0 Å². The zero-order chi connectivity index (χ0) is 18.7. The van der Waals surface area contributed by atoms with E-state index in [4.69, 9.17) is 21.3 Å². The number of nitrogen functional groups attached to an aromatic ring is 1. The quantitative estimate of drug-likeness (QED) is 0.416. The molecule has 0 radical (unpaired) electrons. The molecule has 0 saturated heterocycles. The van der Waals surface area contributed by atoms with Crippen molar-refractivity contribution in [3.63, 3.8) is 0 Å². The maximum atomic E-state index is 12.1. The Bertz CT molecular complexity index is 994. The van der Waals surface area contributed by atoms with Gasteiger partial charge < -0.3 is 21.2 Å². The lowest BCUT2D eigenvalue weighted by atomic mass is 9.98. The lowest BCUT2D eigenvalue weighted by Gasteiger charge is -2.11. The second-order valence-electron chi connectivity index (χ2n) is 5.55. The molecule has 1 heterocycles. The van der Waals surface area contributed by atoms with Crippen molar-refractivity contribution in [1.29, 1.82) is 5.41 Å². The van der Waals surface area contributed by atoms with Gasteiger partial charge in [-0.15, -0.1) is 0 Å². The highest BCUT2D eigenvalue weighted by Crippen LogP contribution is 2.21. The van der Waals surface area contributed by atoms with E-state index in [0.29, 0.717) is 22.5 Å². The fraction of sp³-hybridized carbons (Fsp3) is 0. The van der Waals surface area contributed by atoms with Gasteiger partial charge in [0.05, 0.1) is 12.0 Å². The van der Waals surface area contributed by atoms with E-state index in [9.17, 15) is 9.59 Å². The molecule has 0 aliphatic carbocycles. The number of carbonyl (C=O) groups excluding carboxylic acids is 2. The van der Waals surface area contributed by atoms with E-state index in [0.717, 1.165) is 0 Å². The Kier molecular flexibility index (Phi) is 4.53. The molecule has 0 aliphatic rings. The fourth-order valence-electron chi connectivity index (χ4n) is 2.43. The molecule has 7 heteroatoms. The molecule has 0 aliphatic heterocycles. The van der Waals surface area contributed by atoms with E-state index in [1.54, 1.807) is 36.4 Å². The van der Waals surface area contributed by atoms with Gasteiger partial charge in [0.1, 0.15) is 0 Å². The number of anilines is 2. The lowest BCUT2D eigenvalue weighted by molar-refractivity contribution is 0.0990. The van der Waals surface area contributed by atoms with Gasteiger partial charge in [-0.1, -0.05) is 12.1 Å². The highest BCUT2D eigenvalue weighted by molar-refractivity contribution is 6.15. The van der Waals surface area contributed by atoms with Crippen LogP contribution in [0.25, 0.3) is 0 Å². The SMILES string of the molecule is N=C(c1cccc(NC(=O)c2ccco2)c1)c1cc(C(N)=O)ccc1N. The molecule has 0 bridgehead atoms. The van der Waals surface area contributed by atoms with Crippen molar-refractivity contribution in [2.75, 3.05) is 11.1 Å². The van der Waals surface area contributed by atoms with Crippen LogP contribution in [0.3, 0.4) is 0 Å². The summed E-state index contributed by atoms with van der Waals surface area (Å²) in [6.45, 7) is 0. The van der Waals surface area contributed by atoms with Crippen molar-refractivity contribution in [1.82, 2.24) is 0 Å². The van der Waals surface area contributed by atoms with Crippen LogP contribution < -0.4 is 16.8 Å². The number of hydrogen-bond donors (Lipinski definition) is 4. The Labute approximate surface area is 149 Å². The molecular weight excluding hydrogens is 332 g/mol. The molecule has 1 aromatic heterocycles. The van der Waals surface area contributed by atoms with Crippen molar-refractivity contribution in [3.8, 4) is 0 Å². The number of furan rings is 1. The van der Waals surface area contributed by atoms with E-state index in [1.807, 2.05) is 0 Å². The number of carbonyl (C=O) groups is 2. The minimum atomic E-state index is -0.599. The highest BCUT2D eigenvalue weighted by Gasteiger charge is 2.13.